The number of aromatic nitrogens is 1. The quantitative estimate of drug-likeness (QED) is 0.392. The first-order chi connectivity index (χ1) is 15.2. The number of rotatable bonds is 14. The number of carbonyl (C=O) groups is 1. The van der Waals surface area contributed by atoms with Crippen LogP contribution in [0.5, 0.6) is 0 Å². The predicted molar refractivity (Wildman–Crippen MR) is 126 cm³/mol. The van der Waals surface area contributed by atoms with Gasteiger partial charge < -0.3 is 5.11 Å². The summed E-state index contributed by atoms with van der Waals surface area (Å²) in [7, 11) is -3.69. The number of halogens is 1. The Bertz CT molecular complexity index is 937. The summed E-state index contributed by atoms with van der Waals surface area (Å²) in [6.45, 7) is 5.88. The average Bonchev–Trinajstić information content (AvgIpc) is 2.73. The topological polar surface area (TPSA) is 99.6 Å². The third-order valence-electron chi connectivity index (χ3n) is 5.18. The van der Waals surface area contributed by atoms with Gasteiger partial charge in [0, 0.05) is 43.0 Å². The normalized spacial score (nSPS) is 12.9. The lowest BCUT2D eigenvalue weighted by Crippen LogP contribution is -2.46. The van der Waals surface area contributed by atoms with Gasteiger partial charge in [0.2, 0.25) is 10.0 Å². The Balaban J connectivity index is 2.09. The smallest absolute Gasteiger partial charge is 0.303 e. The second kappa shape index (κ2) is 12.9. The summed E-state index contributed by atoms with van der Waals surface area (Å²) in [5.74, 6) is -0.714. The monoisotopic (exact) mass is 481 g/mol. The van der Waals surface area contributed by atoms with Crippen LogP contribution >= 0.6 is 11.6 Å². The number of unbranched alkanes of at least 4 members (excludes halogenated alkanes) is 2. The number of nitrogens with zero attached hydrogens (tertiary/aromatic N) is 2. The molecule has 2 N–H and O–H groups in total. The van der Waals surface area contributed by atoms with E-state index in [0.717, 1.165) is 24.9 Å². The van der Waals surface area contributed by atoms with E-state index in [0.29, 0.717) is 24.5 Å². The van der Waals surface area contributed by atoms with Gasteiger partial charge in [0.05, 0.1) is 4.90 Å². The molecule has 0 spiro atoms. The minimum atomic E-state index is -3.69. The predicted octanol–water partition coefficient (Wildman–Crippen LogP) is 4.19. The highest BCUT2D eigenvalue weighted by molar-refractivity contribution is 7.89. The minimum absolute atomic E-state index is 0.0699. The van der Waals surface area contributed by atoms with Crippen LogP contribution < -0.4 is 4.72 Å². The molecule has 0 bridgehead atoms. The summed E-state index contributed by atoms with van der Waals surface area (Å²) in [6.07, 6.45) is 5.96. The SMILES string of the molecule is CC(C)[C@@H](CN(CCCCCC(=O)O)Cc1cccnc1)NS(=O)(=O)c1ccc(Cl)cc1. The Kier molecular flexibility index (Phi) is 10.6. The van der Waals surface area contributed by atoms with Gasteiger partial charge in [0.15, 0.2) is 0 Å². The number of hydrogen-bond acceptors (Lipinski definition) is 5. The zero-order valence-corrected chi connectivity index (χ0v) is 20.1. The van der Waals surface area contributed by atoms with Gasteiger partial charge >= 0.3 is 5.97 Å². The van der Waals surface area contributed by atoms with E-state index in [2.05, 4.69) is 14.6 Å². The molecule has 1 heterocycles. The number of carboxylic acids is 1. The Hall–Kier alpha value is -2.00. The van der Waals surface area contributed by atoms with Crippen LogP contribution in [0.1, 0.15) is 45.1 Å². The third-order valence-corrected chi connectivity index (χ3v) is 6.94. The van der Waals surface area contributed by atoms with Crippen molar-refractivity contribution in [2.45, 2.75) is 57.0 Å². The van der Waals surface area contributed by atoms with E-state index in [1.54, 1.807) is 24.5 Å². The van der Waals surface area contributed by atoms with Crippen molar-refractivity contribution >= 4 is 27.6 Å². The van der Waals surface area contributed by atoms with Crippen molar-refractivity contribution in [2.24, 2.45) is 5.92 Å². The van der Waals surface area contributed by atoms with E-state index in [9.17, 15) is 13.2 Å². The summed E-state index contributed by atoms with van der Waals surface area (Å²) in [6, 6.07) is 9.69. The van der Waals surface area contributed by atoms with E-state index >= 15 is 0 Å². The van der Waals surface area contributed by atoms with Crippen LogP contribution in [0, 0.1) is 5.92 Å². The molecular weight excluding hydrogens is 450 g/mol. The fourth-order valence-electron chi connectivity index (χ4n) is 3.32. The molecule has 0 aliphatic rings. The molecule has 32 heavy (non-hydrogen) atoms. The standard InChI is InChI=1S/C23H32ClN3O4S/c1-18(2)22(26-32(30,31)21-11-9-20(24)10-12-21)17-27(14-5-3-4-8-23(28)29)16-19-7-6-13-25-15-19/h6-7,9-13,15,18,22,26H,3-5,8,14,16-17H2,1-2H3,(H,28,29)/t22-/m1/s1. The molecule has 7 nitrogen and oxygen atoms in total. The lowest BCUT2D eigenvalue weighted by Gasteiger charge is -2.30. The van der Waals surface area contributed by atoms with E-state index in [4.69, 9.17) is 16.7 Å². The highest BCUT2D eigenvalue weighted by atomic mass is 35.5. The number of hydrogen-bond donors (Lipinski definition) is 2. The van der Waals surface area contributed by atoms with Gasteiger partial charge in [-0.1, -0.05) is 37.9 Å². The fraction of sp³-hybridized carbons (Fsp3) is 0.478. The first-order valence-corrected chi connectivity index (χ1v) is 12.6. The van der Waals surface area contributed by atoms with Crippen molar-refractivity contribution in [3.05, 3.63) is 59.4 Å². The molecule has 2 rings (SSSR count). The van der Waals surface area contributed by atoms with Gasteiger partial charge in [0.1, 0.15) is 0 Å². The number of nitrogens with one attached hydrogen (secondary N) is 1. The molecule has 1 atom stereocenters. The van der Waals surface area contributed by atoms with Crippen molar-refractivity contribution in [1.29, 1.82) is 0 Å². The lowest BCUT2D eigenvalue weighted by molar-refractivity contribution is -0.137. The molecule has 9 heteroatoms. The van der Waals surface area contributed by atoms with Crippen LogP contribution in [0.15, 0.2) is 53.7 Å². The molecule has 176 valence electrons. The number of aliphatic carboxylic acids is 1. The summed E-state index contributed by atoms with van der Waals surface area (Å²) >= 11 is 5.89. The van der Waals surface area contributed by atoms with E-state index in [-0.39, 0.29) is 23.3 Å². The summed E-state index contributed by atoms with van der Waals surface area (Å²) < 4.78 is 28.7. The maximum absolute atomic E-state index is 12.9. The molecule has 1 aromatic carbocycles. The largest absolute Gasteiger partial charge is 0.481 e. The summed E-state index contributed by atoms with van der Waals surface area (Å²) in [5.41, 5.74) is 1.04. The van der Waals surface area contributed by atoms with Crippen LogP contribution in [0.25, 0.3) is 0 Å². The van der Waals surface area contributed by atoms with Crippen molar-refractivity contribution in [1.82, 2.24) is 14.6 Å². The van der Waals surface area contributed by atoms with E-state index in [1.165, 1.54) is 12.1 Å². The molecular formula is C23H32ClN3O4S. The van der Waals surface area contributed by atoms with Gasteiger partial charge in [-0.15, -0.1) is 0 Å². The lowest BCUT2D eigenvalue weighted by atomic mass is 10.0. The van der Waals surface area contributed by atoms with Gasteiger partial charge in [-0.25, -0.2) is 13.1 Å². The molecule has 2 aromatic rings. The number of pyridine rings is 1. The second-order valence-electron chi connectivity index (χ2n) is 8.23. The van der Waals surface area contributed by atoms with Crippen molar-refractivity contribution < 1.29 is 18.3 Å². The van der Waals surface area contributed by atoms with Crippen molar-refractivity contribution in [3.8, 4) is 0 Å². The van der Waals surface area contributed by atoms with Crippen molar-refractivity contribution in [3.63, 3.8) is 0 Å². The Morgan fingerprint density at radius 3 is 2.47 bits per heavy atom. The molecule has 0 aliphatic heterocycles. The molecule has 0 fully saturated rings. The van der Waals surface area contributed by atoms with Crippen LogP contribution in [0.2, 0.25) is 5.02 Å². The first kappa shape index (κ1) is 26.3. The summed E-state index contributed by atoms with van der Waals surface area (Å²) in [4.78, 5) is 17.3. The molecule has 0 amide bonds. The van der Waals surface area contributed by atoms with E-state index in [1.807, 2.05) is 26.0 Å². The third kappa shape index (κ3) is 9.24. The number of sulfonamides is 1. The summed E-state index contributed by atoms with van der Waals surface area (Å²) in [5, 5.41) is 9.31. The molecule has 0 saturated carbocycles. The molecule has 0 saturated heterocycles. The maximum atomic E-state index is 12.9. The molecule has 0 unspecified atom stereocenters. The van der Waals surface area contributed by atoms with Crippen LogP contribution in [-0.2, 0) is 21.4 Å². The molecule has 1 aromatic heterocycles. The number of benzene rings is 1. The Morgan fingerprint density at radius 1 is 1.16 bits per heavy atom. The highest BCUT2D eigenvalue weighted by Gasteiger charge is 2.24. The van der Waals surface area contributed by atoms with Gasteiger partial charge in [-0.05, 0) is 61.2 Å². The molecule has 0 radical (unpaired) electrons. The molecule has 0 aliphatic carbocycles. The van der Waals surface area contributed by atoms with Crippen molar-refractivity contribution in [2.75, 3.05) is 13.1 Å². The van der Waals surface area contributed by atoms with Crippen LogP contribution in [-0.4, -0.2) is 48.5 Å². The van der Waals surface area contributed by atoms with Gasteiger partial charge in [-0.3, -0.25) is 14.7 Å². The minimum Gasteiger partial charge on any atom is -0.481 e. The average molecular weight is 482 g/mol. The van der Waals surface area contributed by atoms with Gasteiger partial charge in [-0.2, -0.15) is 0 Å². The maximum Gasteiger partial charge on any atom is 0.303 e. The van der Waals surface area contributed by atoms with Crippen LogP contribution in [0.3, 0.4) is 0 Å². The zero-order chi connectivity index (χ0) is 23.6. The van der Waals surface area contributed by atoms with Crippen LogP contribution in [0.4, 0.5) is 0 Å². The number of carboxylic acid groups (broad SMARTS) is 1. The van der Waals surface area contributed by atoms with E-state index < -0.39 is 16.0 Å². The first-order valence-electron chi connectivity index (χ1n) is 10.8. The van der Waals surface area contributed by atoms with Gasteiger partial charge in [0.25, 0.3) is 0 Å². The fourth-order valence-corrected chi connectivity index (χ4v) is 4.82. The second-order valence-corrected chi connectivity index (χ2v) is 10.4. The Morgan fingerprint density at radius 2 is 1.88 bits per heavy atom. The zero-order valence-electron chi connectivity index (χ0n) is 18.6. The highest BCUT2D eigenvalue weighted by Crippen LogP contribution is 2.17. The Labute approximate surface area is 195 Å².